The zero-order chi connectivity index (χ0) is 22.0. The Bertz CT molecular complexity index is 1000. The van der Waals surface area contributed by atoms with E-state index in [4.69, 9.17) is 10.1 Å². The standard InChI is InChI=1S/C23H26FN3O3/c1-14(26(3)4)11-22(25)20-7-5-17(13-21(20)24)27-10-9-16-12-18(30-15(2)28)6-8-19(16)23(27)29/h5-8,12-14,25H,9-11H2,1-4H3/t14-/m1/s1. The van der Waals surface area contributed by atoms with Crippen molar-refractivity contribution in [2.75, 3.05) is 25.5 Å². The van der Waals surface area contributed by atoms with E-state index >= 15 is 0 Å². The van der Waals surface area contributed by atoms with Gasteiger partial charge in [-0.2, -0.15) is 0 Å². The monoisotopic (exact) mass is 411 g/mol. The third-order valence-corrected chi connectivity index (χ3v) is 5.39. The quantitative estimate of drug-likeness (QED) is 0.447. The number of nitrogens with zero attached hydrogens (tertiary/aromatic N) is 2. The molecule has 3 rings (SSSR count). The summed E-state index contributed by atoms with van der Waals surface area (Å²) < 4.78 is 19.8. The van der Waals surface area contributed by atoms with Gasteiger partial charge in [-0.1, -0.05) is 0 Å². The molecule has 30 heavy (non-hydrogen) atoms. The molecule has 0 spiro atoms. The number of benzene rings is 2. The number of ether oxygens (including phenoxy) is 1. The van der Waals surface area contributed by atoms with Gasteiger partial charge in [-0.15, -0.1) is 0 Å². The number of anilines is 1. The summed E-state index contributed by atoms with van der Waals surface area (Å²) in [7, 11) is 3.85. The molecule has 0 saturated carbocycles. The second kappa shape index (κ2) is 8.75. The van der Waals surface area contributed by atoms with E-state index < -0.39 is 11.8 Å². The topological polar surface area (TPSA) is 73.7 Å². The number of halogens is 1. The second-order valence-corrected chi connectivity index (χ2v) is 7.78. The number of rotatable bonds is 6. The van der Waals surface area contributed by atoms with Crippen molar-refractivity contribution >= 4 is 23.3 Å². The lowest BCUT2D eigenvalue weighted by Crippen LogP contribution is -2.37. The van der Waals surface area contributed by atoms with Crippen LogP contribution in [0.25, 0.3) is 0 Å². The minimum Gasteiger partial charge on any atom is -0.427 e. The summed E-state index contributed by atoms with van der Waals surface area (Å²) in [6, 6.07) is 9.60. The zero-order valence-electron chi connectivity index (χ0n) is 17.7. The van der Waals surface area contributed by atoms with Crippen LogP contribution in [-0.4, -0.2) is 49.2 Å². The number of hydrogen-bond donors (Lipinski definition) is 1. The molecule has 1 heterocycles. The van der Waals surface area contributed by atoms with Crippen LogP contribution in [0.15, 0.2) is 36.4 Å². The summed E-state index contributed by atoms with van der Waals surface area (Å²) >= 11 is 0. The maximum Gasteiger partial charge on any atom is 0.308 e. The van der Waals surface area contributed by atoms with Gasteiger partial charge in [0.05, 0.1) is 0 Å². The lowest BCUT2D eigenvalue weighted by molar-refractivity contribution is -0.131. The van der Waals surface area contributed by atoms with Gasteiger partial charge in [-0.25, -0.2) is 4.39 Å². The minimum atomic E-state index is -0.507. The van der Waals surface area contributed by atoms with E-state index in [1.54, 1.807) is 30.3 Å². The van der Waals surface area contributed by atoms with Gasteiger partial charge in [-0.3, -0.25) is 9.59 Å². The third-order valence-electron chi connectivity index (χ3n) is 5.39. The Kier molecular flexibility index (Phi) is 6.31. The molecule has 0 saturated heterocycles. The van der Waals surface area contributed by atoms with E-state index in [9.17, 15) is 14.0 Å². The molecule has 0 aliphatic carbocycles. The molecule has 1 aliphatic rings. The maximum absolute atomic E-state index is 14.8. The molecule has 0 unspecified atom stereocenters. The molecule has 6 nitrogen and oxygen atoms in total. The van der Waals surface area contributed by atoms with Crippen molar-refractivity contribution in [2.45, 2.75) is 32.7 Å². The lowest BCUT2D eigenvalue weighted by Gasteiger charge is -2.29. The van der Waals surface area contributed by atoms with E-state index in [1.807, 2.05) is 25.9 Å². The molecule has 2 aromatic rings. The molecule has 1 N–H and O–H groups in total. The molecule has 0 bridgehead atoms. The van der Waals surface area contributed by atoms with Crippen molar-refractivity contribution in [2.24, 2.45) is 0 Å². The number of nitrogens with one attached hydrogen (secondary N) is 1. The predicted octanol–water partition coefficient (Wildman–Crippen LogP) is 3.66. The van der Waals surface area contributed by atoms with Crippen molar-refractivity contribution in [3.63, 3.8) is 0 Å². The van der Waals surface area contributed by atoms with Crippen molar-refractivity contribution in [1.82, 2.24) is 4.90 Å². The van der Waals surface area contributed by atoms with Crippen LogP contribution in [0, 0.1) is 11.2 Å². The first-order chi connectivity index (χ1) is 14.2. The highest BCUT2D eigenvalue weighted by Crippen LogP contribution is 2.29. The number of fused-ring (bicyclic) bond motifs is 1. The Hall–Kier alpha value is -3.06. The molecule has 0 fully saturated rings. The molecular formula is C23H26FN3O3. The summed E-state index contributed by atoms with van der Waals surface area (Å²) in [5.41, 5.74) is 2.25. The third kappa shape index (κ3) is 4.57. The van der Waals surface area contributed by atoms with Crippen LogP contribution in [0.1, 0.15) is 41.8 Å². The number of esters is 1. The van der Waals surface area contributed by atoms with Crippen LogP contribution in [0.3, 0.4) is 0 Å². The smallest absolute Gasteiger partial charge is 0.308 e. The first kappa shape index (κ1) is 21.6. The molecule has 0 radical (unpaired) electrons. The first-order valence-electron chi connectivity index (χ1n) is 9.84. The van der Waals surface area contributed by atoms with Gasteiger partial charge in [0.2, 0.25) is 0 Å². The van der Waals surface area contributed by atoms with Gasteiger partial charge >= 0.3 is 5.97 Å². The van der Waals surface area contributed by atoms with Gasteiger partial charge in [-0.05, 0) is 69.4 Å². The average molecular weight is 411 g/mol. The molecule has 1 aliphatic heterocycles. The van der Waals surface area contributed by atoms with Gasteiger partial charge in [0.25, 0.3) is 5.91 Å². The Morgan fingerprint density at radius 3 is 2.63 bits per heavy atom. The van der Waals surface area contributed by atoms with Gasteiger partial charge in [0.15, 0.2) is 0 Å². The fraction of sp³-hybridized carbons (Fsp3) is 0.348. The van der Waals surface area contributed by atoms with E-state index in [2.05, 4.69) is 0 Å². The number of carbonyl (C=O) groups is 2. The van der Waals surface area contributed by atoms with Crippen LogP contribution < -0.4 is 9.64 Å². The number of amides is 1. The van der Waals surface area contributed by atoms with Gasteiger partial charge in [0, 0.05) is 48.5 Å². The Balaban J connectivity index is 1.80. The number of hydrogen-bond acceptors (Lipinski definition) is 5. The largest absolute Gasteiger partial charge is 0.427 e. The van der Waals surface area contributed by atoms with Crippen molar-refractivity contribution in [3.8, 4) is 5.75 Å². The molecule has 158 valence electrons. The van der Waals surface area contributed by atoms with Crippen molar-refractivity contribution < 1.29 is 18.7 Å². The molecule has 1 amide bonds. The van der Waals surface area contributed by atoms with Crippen LogP contribution >= 0.6 is 0 Å². The summed E-state index contributed by atoms with van der Waals surface area (Å²) in [6.07, 6.45) is 1.000. The number of carbonyl (C=O) groups excluding carboxylic acids is 2. The van der Waals surface area contributed by atoms with Gasteiger partial charge in [0.1, 0.15) is 11.6 Å². The van der Waals surface area contributed by atoms with Crippen LogP contribution in [0.4, 0.5) is 10.1 Å². The highest BCUT2D eigenvalue weighted by Gasteiger charge is 2.27. The average Bonchev–Trinajstić information content (AvgIpc) is 2.67. The van der Waals surface area contributed by atoms with E-state index in [0.29, 0.717) is 36.4 Å². The Labute approximate surface area is 175 Å². The summed E-state index contributed by atoms with van der Waals surface area (Å²) in [5.74, 6) is -0.746. The molecule has 7 heteroatoms. The molecule has 2 aromatic carbocycles. The second-order valence-electron chi connectivity index (χ2n) is 7.78. The van der Waals surface area contributed by atoms with Crippen LogP contribution in [0.5, 0.6) is 5.75 Å². The van der Waals surface area contributed by atoms with E-state index in [-0.39, 0.29) is 23.2 Å². The first-order valence-corrected chi connectivity index (χ1v) is 9.84. The highest BCUT2D eigenvalue weighted by atomic mass is 19.1. The minimum absolute atomic E-state index is 0.119. The van der Waals surface area contributed by atoms with E-state index in [0.717, 1.165) is 5.56 Å². The molecule has 0 aromatic heterocycles. The fourth-order valence-corrected chi connectivity index (χ4v) is 3.45. The molecule has 1 atom stereocenters. The summed E-state index contributed by atoms with van der Waals surface area (Å²) in [6.45, 7) is 3.70. The highest BCUT2D eigenvalue weighted by molar-refractivity contribution is 6.08. The molecular weight excluding hydrogens is 385 g/mol. The Morgan fingerprint density at radius 2 is 2.00 bits per heavy atom. The Morgan fingerprint density at radius 1 is 1.27 bits per heavy atom. The van der Waals surface area contributed by atoms with E-state index in [1.165, 1.54) is 17.9 Å². The predicted molar refractivity (Wildman–Crippen MR) is 114 cm³/mol. The van der Waals surface area contributed by atoms with Crippen molar-refractivity contribution in [3.05, 3.63) is 58.9 Å². The fourth-order valence-electron chi connectivity index (χ4n) is 3.45. The van der Waals surface area contributed by atoms with Gasteiger partial charge < -0.3 is 19.9 Å². The van der Waals surface area contributed by atoms with Crippen LogP contribution in [-0.2, 0) is 11.2 Å². The normalized spacial score (nSPS) is 14.5. The zero-order valence-corrected chi connectivity index (χ0v) is 17.7. The lowest BCUT2D eigenvalue weighted by atomic mass is 9.97. The SMILES string of the molecule is CC(=O)Oc1ccc2c(c1)CCN(c1ccc(C(=N)C[C@@H](C)N(C)C)c(F)c1)C2=O. The summed E-state index contributed by atoms with van der Waals surface area (Å²) in [5, 5.41) is 8.23. The maximum atomic E-state index is 14.8. The van der Waals surface area contributed by atoms with Crippen LogP contribution in [0.2, 0.25) is 0 Å². The van der Waals surface area contributed by atoms with Crippen molar-refractivity contribution in [1.29, 1.82) is 5.41 Å². The summed E-state index contributed by atoms with van der Waals surface area (Å²) in [4.78, 5) is 27.6.